The molecule has 0 bridgehead atoms. The minimum absolute atomic E-state index is 0.00353. The first kappa shape index (κ1) is 48.2. The molecule has 1 saturated carbocycles. The van der Waals surface area contributed by atoms with Gasteiger partial charge < -0.3 is 24.7 Å². The number of rotatable bonds is 15. The number of hydroxylamine groups is 4. The molecule has 2 aliphatic heterocycles. The number of aliphatic hydroxyl groups excluding tert-OH is 2. The number of aliphatic hydroxyl groups is 2. The third-order valence-electron chi connectivity index (χ3n) is 13.2. The highest BCUT2D eigenvalue weighted by molar-refractivity contribution is 6.32. The summed E-state index contributed by atoms with van der Waals surface area (Å²) in [5.41, 5.74) is 5.77. The Bertz CT molecular complexity index is 3490. The van der Waals surface area contributed by atoms with E-state index in [0.29, 0.717) is 65.7 Å². The summed E-state index contributed by atoms with van der Waals surface area (Å²) in [7, 11) is 1.89. The predicted octanol–water partition coefficient (Wildman–Crippen LogP) is 6.10. The number of halogens is 4. The lowest BCUT2D eigenvalue weighted by Gasteiger charge is -2.13. The molecule has 3 aliphatic rings. The first-order valence-electron chi connectivity index (χ1n) is 23.5. The first-order chi connectivity index (χ1) is 34.9. The zero-order chi connectivity index (χ0) is 51.0. The van der Waals surface area contributed by atoms with Gasteiger partial charge in [-0.25, -0.2) is 24.2 Å². The first-order valence-corrected chi connectivity index (χ1v) is 23.9. The molecule has 73 heavy (non-hydrogen) atoms. The number of aromatic nitrogens is 10. The van der Waals surface area contributed by atoms with Crippen LogP contribution in [-0.2, 0) is 36.5 Å². The molecule has 2 aromatic carbocycles. The molecule has 24 heteroatoms. The molecule has 8 heterocycles. The van der Waals surface area contributed by atoms with Gasteiger partial charge in [0.2, 0.25) is 11.8 Å². The maximum Gasteiger partial charge on any atom is 0.454 e. The van der Waals surface area contributed by atoms with Crippen molar-refractivity contribution in [1.29, 1.82) is 0 Å². The van der Waals surface area contributed by atoms with Gasteiger partial charge in [-0.2, -0.15) is 38.5 Å². The van der Waals surface area contributed by atoms with Gasteiger partial charge in [0, 0.05) is 82.0 Å². The number of hydrogen-bond acceptors (Lipinski definition) is 15. The normalized spacial score (nSPS) is 17.7. The van der Waals surface area contributed by atoms with Crippen LogP contribution in [-0.4, -0.2) is 120 Å². The fraction of sp³-hybridized carbons (Fsp3) is 0.347. The summed E-state index contributed by atoms with van der Waals surface area (Å²) in [6.07, 6.45) is 5.06. The molecule has 0 radical (unpaired) electrons. The molecule has 2 unspecified atom stereocenters. The molecule has 0 spiro atoms. The summed E-state index contributed by atoms with van der Waals surface area (Å²) in [6.45, 7) is 7.22. The molecule has 2 atom stereocenters. The van der Waals surface area contributed by atoms with E-state index in [4.69, 9.17) is 31.4 Å². The Labute approximate surface area is 419 Å². The van der Waals surface area contributed by atoms with Crippen molar-refractivity contribution in [2.75, 3.05) is 36.9 Å². The highest BCUT2D eigenvalue weighted by Gasteiger charge is 2.41. The Kier molecular flexibility index (Phi) is 12.4. The summed E-state index contributed by atoms with van der Waals surface area (Å²) in [6, 6.07) is 10.3. The summed E-state index contributed by atoms with van der Waals surface area (Å²) in [5, 5.41) is 40.0. The van der Waals surface area contributed by atoms with Gasteiger partial charge in [0.25, 0.3) is 5.78 Å². The number of carbonyl (C=O) groups is 2. The van der Waals surface area contributed by atoms with Crippen molar-refractivity contribution < 1.29 is 47.2 Å². The van der Waals surface area contributed by atoms with Crippen molar-refractivity contribution in [1.82, 2.24) is 53.8 Å². The number of alkyl halides is 3. The minimum Gasteiger partial charge on any atom is -0.389 e. The quantitative estimate of drug-likeness (QED) is 0.0675. The van der Waals surface area contributed by atoms with Gasteiger partial charge in [-0.3, -0.25) is 19.3 Å². The topological polar surface area (TPSA) is 212 Å². The lowest BCUT2D eigenvalue weighted by Crippen LogP contribution is -2.41. The Morgan fingerprint density at radius 2 is 1.41 bits per heavy atom. The fourth-order valence-electron chi connectivity index (χ4n) is 9.29. The monoisotopic (exact) mass is 1020 g/mol. The average Bonchev–Trinajstić information content (AvgIpc) is 3.74. The fourth-order valence-corrected chi connectivity index (χ4v) is 9.46. The van der Waals surface area contributed by atoms with Crippen LogP contribution in [0, 0.1) is 26.7 Å². The number of carbonyl (C=O) groups excluding carboxylic acids is 2. The number of anilines is 4. The summed E-state index contributed by atoms with van der Waals surface area (Å²) >= 11 is 6.56. The Morgan fingerprint density at radius 3 is 2.01 bits per heavy atom. The van der Waals surface area contributed by atoms with Gasteiger partial charge in [-0.05, 0) is 70.0 Å². The van der Waals surface area contributed by atoms with E-state index >= 15 is 0 Å². The zero-order valence-electron chi connectivity index (χ0n) is 39.9. The van der Waals surface area contributed by atoms with Gasteiger partial charge >= 0.3 is 12.1 Å². The van der Waals surface area contributed by atoms with Crippen molar-refractivity contribution >= 4 is 68.2 Å². The Morgan fingerprint density at radius 1 is 0.808 bits per heavy atom. The van der Waals surface area contributed by atoms with E-state index < -0.39 is 29.7 Å². The molecule has 11 rings (SSSR count). The lowest BCUT2D eigenvalue weighted by molar-refractivity contribution is -0.689. The van der Waals surface area contributed by atoms with E-state index in [2.05, 4.69) is 25.7 Å². The Balaban J connectivity index is 0.946. The maximum atomic E-state index is 14.4. The molecule has 8 aromatic rings. The second-order valence-electron chi connectivity index (χ2n) is 18.8. The molecule has 3 fully saturated rings. The molecule has 378 valence electrons. The molecule has 2 saturated heterocycles. The number of β-amino-alcohol motifs (C(OH)–C–C–N with tert-alkyl or cyclic N) is 2. The van der Waals surface area contributed by atoms with E-state index in [1.54, 1.807) is 48.5 Å². The lowest BCUT2D eigenvalue weighted by atomic mass is 10.1. The van der Waals surface area contributed by atoms with Crippen LogP contribution in [0.4, 0.5) is 36.4 Å². The number of ketones is 2. The van der Waals surface area contributed by atoms with E-state index in [1.165, 1.54) is 23.1 Å². The number of fused-ring (bicyclic) bond motifs is 2. The predicted molar refractivity (Wildman–Crippen MR) is 259 cm³/mol. The third-order valence-corrected chi connectivity index (χ3v) is 13.4. The highest BCUT2D eigenvalue weighted by atomic mass is 35.5. The van der Waals surface area contributed by atoms with E-state index in [0.717, 1.165) is 34.9 Å². The summed E-state index contributed by atoms with van der Waals surface area (Å²) in [5.74, 6) is -0.943. The van der Waals surface area contributed by atoms with Crippen LogP contribution in [0.15, 0.2) is 73.6 Å². The number of nitrogens with one attached hydrogen (secondary N) is 2. The minimum atomic E-state index is -5.20. The van der Waals surface area contributed by atoms with Gasteiger partial charge in [-0.1, -0.05) is 16.6 Å². The molecule has 4 N–H and O–H groups in total. The van der Waals surface area contributed by atoms with Crippen LogP contribution in [0.25, 0.3) is 33.4 Å². The SMILES string of the molecule is Cc1c[n+](Cn2cc(C(=O)C(F)(F)F)c3cc(Nc4ncc(Cl)c(-n5cc(CN6CC(O)CO6)c(C)n5)n4)ccc32)c(Nc2ccc3c(c2)c(C(=O)C2CC2)cn3C)nc1-n1cc(CN2CC(O)CO2)c(C)n1. The summed E-state index contributed by atoms with van der Waals surface area (Å²) < 4.78 is 51.5. The zero-order valence-corrected chi connectivity index (χ0v) is 40.7. The van der Waals surface area contributed by atoms with Crippen molar-refractivity contribution in [2.24, 2.45) is 13.0 Å². The van der Waals surface area contributed by atoms with Crippen LogP contribution in [0.2, 0.25) is 5.02 Å². The van der Waals surface area contributed by atoms with E-state index in [-0.39, 0.29) is 65.4 Å². The number of benzene rings is 2. The van der Waals surface area contributed by atoms with Crippen molar-refractivity contribution in [3.63, 3.8) is 0 Å². The molecule has 6 aromatic heterocycles. The van der Waals surface area contributed by atoms with E-state index in [1.807, 2.05) is 63.0 Å². The number of nitrogens with zero attached hydrogens (tertiary/aromatic N) is 12. The van der Waals surface area contributed by atoms with Crippen LogP contribution in [0.3, 0.4) is 0 Å². The molecule has 20 nitrogen and oxygen atoms in total. The Hall–Kier alpha value is -7.12. The molecular formula is C49H49ClF3N14O6+. The number of aryl methyl sites for hydroxylation is 4. The van der Waals surface area contributed by atoms with Gasteiger partial charge in [-0.15, -0.1) is 0 Å². The second kappa shape index (κ2) is 18.7. The standard InChI is InChI=1S/C49H48ClF3N14O6/c1-26-14-63(48(58-45(26)66-17-30(27(2)59-66)15-64-19-34(68)23-72-64)56-33-7-9-41-36(12-33)38(21-61(41)4)43(70)29-5-6-29)25-62-22-39(44(71)49(51,52)53)37-11-32(8-10-42(37)62)55-47-54-13-40(50)46(57-47)67-18-31(28(3)60-67)16-65-20-35(69)24-73-65/h7-14,17-18,21-22,29,34-35,68-69H,5-6,15-16,19-20,23-25H2,1-4H3,(H,54,55,57)/p+1. The van der Waals surface area contributed by atoms with Crippen molar-refractivity contribution in [3.8, 4) is 11.6 Å². The maximum absolute atomic E-state index is 14.4. The second-order valence-corrected chi connectivity index (χ2v) is 19.2. The van der Waals surface area contributed by atoms with Crippen molar-refractivity contribution in [2.45, 2.75) is 71.8 Å². The van der Waals surface area contributed by atoms with Gasteiger partial charge in [0.05, 0.1) is 92.1 Å². The largest absolute Gasteiger partial charge is 0.454 e. The van der Waals surface area contributed by atoms with Crippen molar-refractivity contribution in [3.05, 3.63) is 118 Å². The van der Waals surface area contributed by atoms with Gasteiger partial charge in [0.1, 0.15) is 11.7 Å². The van der Waals surface area contributed by atoms with E-state index in [9.17, 15) is 33.0 Å². The highest BCUT2D eigenvalue weighted by Crippen LogP contribution is 2.37. The van der Waals surface area contributed by atoms with Gasteiger partial charge in [0.15, 0.2) is 11.6 Å². The third kappa shape index (κ3) is 9.67. The number of hydrogen-bond donors (Lipinski definition) is 4. The van der Waals surface area contributed by atoms with Crippen LogP contribution in [0.5, 0.6) is 0 Å². The van der Waals surface area contributed by atoms with Crippen LogP contribution >= 0.6 is 11.6 Å². The smallest absolute Gasteiger partial charge is 0.389 e. The molecule has 0 amide bonds. The molecule has 1 aliphatic carbocycles. The summed E-state index contributed by atoms with van der Waals surface area (Å²) in [4.78, 5) is 51.8. The number of Topliss-reactive ketones (excluding diaryl/α,β-unsaturated/α-hetero) is 2. The van der Waals surface area contributed by atoms with Crippen LogP contribution in [0.1, 0.15) is 61.6 Å². The average molecular weight is 1020 g/mol. The van der Waals surface area contributed by atoms with Crippen LogP contribution < -0.4 is 15.2 Å². The molecular weight excluding hydrogens is 973 g/mol.